The Hall–Kier alpha value is -1.55. The standard InChI is InChI=1S/C13H17N3O/c1-9-4-5-12(17-9)11-8-15-13(16-11)10-3-2-6-14-7-10/h4-5,8,10,14H,2-3,6-7H2,1H3,(H,15,16). The molecule has 1 aliphatic heterocycles. The summed E-state index contributed by atoms with van der Waals surface area (Å²) in [6, 6.07) is 3.95. The molecule has 0 aliphatic carbocycles. The van der Waals surface area contributed by atoms with E-state index in [0.29, 0.717) is 5.92 Å². The van der Waals surface area contributed by atoms with Gasteiger partial charge in [-0.25, -0.2) is 4.98 Å². The molecule has 3 heterocycles. The van der Waals surface area contributed by atoms with E-state index in [-0.39, 0.29) is 0 Å². The third kappa shape index (κ3) is 2.13. The normalized spacial score (nSPS) is 20.6. The van der Waals surface area contributed by atoms with Gasteiger partial charge in [-0.2, -0.15) is 0 Å². The third-order valence-electron chi connectivity index (χ3n) is 3.28. The topological polar surface area (TPSA) is 53.9 Å². The number of rotatable bonds is 2. The van der Waals surface area contributed by atoms with E-state index in [1.807, 2.05) is 25.3 Å². The molecule has 4 nitrogen and oxygen atoms in total. The van der Waals surface area contributed by atoms with Crippen molar-refractivity contribution in [2.24, 2.45) is 0 Å². The lowest BCUT2D eigenvalue weighted by Gasteiger charge is -2.20. The summed E-state index contributed by atoms with van der Waals surface area (Å²) in [6.45, 7) is 4.09. The zero-order valence-electron chi connectivity index (χ0n) is 9.99. The SMILES string of the molecule is Cc1ccc(-c2cnc(C3CCCNC3)[nH]2)o1. The van der Waals surface area contributed by atoms with Crippen LogP contribution in [0.2, 0.25) is 0 Å². The lowest BCUT2D eigenvalue weighted by molar-refractivity contribution is 0.448. The van der Waals surface area contributed by atoms with Crippen LogP contribution >= 0.6 is 0 Å². The molecule has 4 heteroatoms. The van der Waals surface area contributed by atoms with Gasteiger partial charge in [0.15, 0.2) is 5.76 Å². The molecule has 2 N–H and O–H groups in total. The van der Waals surface area contributed by atoms with Crippen LogP contribution in [0.3, 0.4) is 0 Å². The second-order valence-electron chi connectivity index (χ2n) is 4.64. The third-order valence-corrected chi connectivity index (χ3v) is 3.28. The first-order valence-electron chi connectivity index (χ1n) is 6.15. The lowest BCUT2D eigenvalue weighted by atomic mass is 9.99. The minimum absolute atomic E-state index is 0.508. The van der Waals surface area contributed by atoms with E-state index in [4.69, 9.17) is 4.42 Å². The van der Waals surface area contributed by atoms with Gasteiger partial charge < -0.3 is 14.7 Å². The highest BCUT2D eigenvalue weighted by Gasteiger charge is 2.18. The monoisotopic (exact) mass is 231 g/mol. The van der Waals surface area contributed by atoms with Gasteiger partial charge in [0.1, 0.15) is 17.3 Å². The first kappa shape index (κ1) is 10.6. The van der Waals surface area contributed by atoms with Gasteiger partial charge in [-0.1, -0.05) is 0 Å². The second-order valence-corrected chi connectivity index (χ2v) is 4.64. The number of aromatic amines is 1. The molecule has 0 saturated carbocycles. The molecule has 17 heavy (non-hydrogen) atoms. The summed E-state index contributed by atoms with van der Waals surface area (Å²) in [6.07, 6.45) is 4.29. The molecule has 1 aliphatic rings. The molecule has 1 fully saturated rings. The van der Waals surface area contributed by atoms with Crippen molar-refractivity contribution in [3.05, 3.63) is 29.9 Å². The van der Waals surface area contributed by atoms with Gasteiger partial charge in [0.05, 0.1) is 6.20 Å². The summed E-state index contributed by atoms with van der Waals surface area (Å²) < 4.78 is 5.58. The average Bonchev–Trinajstić information content (AvgIpc) is 2.98. The summed E-state index contributed by atoms with van der Waals surface area (Å²) in [4.78, 5) is 7.84. The minimum Gasteiger partial charge on any atom is -0.460 e. The number of aromatic nitrogens is 2. The number of hydrogen-bond donors (Lipinski definition) is 2. The molecule has 1 atom stereocenters. The van der Waals surface area contributed by atoms with E-state index >= 15 is 0 Å². The Labute approximate surface area is 100 Å². The number of aryl methyl sites for hydroxylation is 1. The average molecular weight is 231 g/mol. The Bertz CT molecular complexity index is 494. The van der Waals surface area contributed by atoms with Crippen molar-refractivity contribution >= 4 is 0 Å². The quantitative estimate of drug-likeness (QED) is 0.834. The Balaban J connectivity index is 1.82. The highest BCUT2D eigenvalue weighted by atomic mass is 16.3. The van der Waals surface area contributed by atoms with Crippen LogP contribution in [0.5, 0.6) is 0 Å². The van der Waals surface area contributed by atoms with Crippen LogP contribution in [0, 0.1) is 6.92 Å². The van der Waals surface area contributed by atoms with Crippen LogP contribution in [-0.2, 0) is 0 Å². The van der Waals surface area contributed by atoms with Crippen LogP contribution in [0.25, 0.3) is 11.5 Å². The molecule has 0 bridgehead atoms. The maximum Gasteiger partial charge on any atom is 0.152 e. The smallest absolute Gasteiger partial charge is 0.152 e. The predicted molar refractivity (Wildman–Crippen MR) is 65.9 cm³/mol. The van der Waals surface area contributed by atoms with Gasteiger partial charge in [0.25, 0.3) is 0 Å². The molecule has 0 aromatic carbocycles. The maximum atomic E-state index is 5.58. The van der Waals surface area contributed by atoms with Crippen molar-refractivity contribution in [2.75, 3.05) is 13.1 Å². The molecule has 2 aromatic heterocycles. The van der Waals surface area contributed by atoms with Crippen molar-refractivity contribution in [2.45, 2.75) is 25.7 Å². The van der Waals surface area contributed by atoms with Gasteiger partial charge >= 0.3 is 0 Å². The first-order valence-corrected chi connectivity index (χ1v) is 6.15. The molecule has 0 spiro atoms. The van der Waals surface area contributed by atoms with E-state index in [1.54, 1.807) is 0 Å². The predicted octanol–water partition coefficient (Wildman–Crippen LogP) is 2.45. The van der Waals surface area contributed by atoms with Crippen molar-refractivity contribution in [3.63, 3.8) is 0 Å². The van der Waals surface area contributed by atoms with Crippen molar-refractivity contribution in [1.29, 1.82) is 0 Å². The number of furan rings is 1. The minimum atomic E-state index is 0.508. The number of nitrogens with one attached hydrogen (secondary N) is 2. The summed E-state index contributed by atoms with van der Waals surface area (Å²) in [5, 5.41) is 3.40. The van der Waals surface area contributed by atoms with Crippen molar-refractivity contribution in [1.82, 2.24) is 15.3 Å². The lowest BCUT2D eigenvalue weighted by Crippen LogP contribution is -2.28. The fourth-order valence-corrected chi connectivity index (χ4v) is 2.33. The van der Waals surface area contributed by atoms with Gasteiger partial charge in [-0.05, 0) is 38.4 Å². The van der Waals surface area contributed by atoms with Crippen LogP contribution in [0.4, 0.5) is 0 Å². The number of nitrogens with zero attached hydrogens (tertiary/aromatic N) is 1. The fraction of sp³-hybridized carbons (Fsp3) is 0.462. The maximum absolute atomic E-state index is 5.58. The van der Waals surface area contributed by atoms with Gasteiger partial charge in [0, 0.05) is 12.5 Å². The molecule has 0 radical (unpaired) electrons. The summed E-state index contributed by atoms with van der Waals surface area (Å²) in [7, 11) is 0. The Morgan fingerprint density at radius 1 is 1.41 bits per heavy atom. The number of H-pyrrole nitrogens is 1. The van der Waals surface area contributed by atoms with E-state index in [2.05, 4.69) is 15.3 Å². The summed E-state index contributed by atoms with van der Waals surface area (Å²) in [5.41, 5.74) is 0.971. The number of hydrogen-bond acceptors (Lipinski definition) is 3. The van der Waals surface area contributed by atoms with Crippen molar-refractivity contribution in [3.8, 4) is 11.5 Å². The molecular formula is C13H17N3O. The van der Waals surface area contributed by atoms with Crippen LogP contribution < -0.4 is 5.32 Å². The van der Waals surface area contributed by atoms with Crippen LogP contribution in [0.15, 0.2) is 22.7 Å². The molecule has 90 valence electrons. The van der Waals surface area contributed by atoms with Gasteiger partial charge in [-0.3, -0.25) is 0 Å². The van der Waals surface area contributed by atoms with E-state index in [0.717, 1.165) is 36.1 Å². The molecular weight excluding hydrogens is 214 g/mol. The second kappa shape index (κ2) is 4.37. The Morgan fingerprint density at radius 3 is 3.06 bits per heavy atom. The highest BCUT2D eigenvalue weighted by molar-refractivity contribution is 5.51. The van der Waals surface area contributed by atoms with Gasteiger partial charge in [0.2, 0.25) is 0 Å². The summed E-state index contributed by atoms with van der Waals surface area (Å²) in [5.74, 6) is 3.37. The zero-order valence-corrected chi connectivity index (χ0v) is 9.99. The summed E-state index contributed by atoms with van der Waals surface area (Å²) >= 11 is 0. The van der Waals surface area contributed by atoms with Crippen LogP contribution in [0.1, 0.15) is 30.3 Å². The van der Waals surface area contributed by atoms with Crippen molar-refractivity contribution < 1.29 is 4.42 Å². The van der Waals surface area contributed by atoms with Gasteiger partial charge in [-0.15, -0.1) is 0 Å². The van der Waals surface area contributed by atoms with E-state index in [1.165, 1.54) is 12.8 Å². The first-order chi connectivity index (χ1) is 8.33. The molecule has 3 rings (SSSR count). The molecule has 1 saturated heterocycles. The van der Waals surface area contributed by atoms with Crippen LogP contribution in [-0.4, -0.2) is 23.1 Å². The number of imidazole rings is 1. The molecule has 2 aromatic rings. The fourth-order valence-electron chi connectivity index (χ4n) is 2.33. The highest BCUT2D eigenvalue weighted by Crippen LogP contribution is 2.25. The van der Waals surface area contributed by atoms with E-state index in [9.17, 15) is 0 Å². The molecule has 0 amide bonds. The molecule has 1 unspecified atom stereocenters. The number of piperidine rings is 1. The van der Waals surface area contributed by atoms with E-state index < -0.39 is 0 Å². The Morgan fingerprint density at radius 2 is 2.35 bits per heavy atom. The Kier molecular flexibility index (Phi) is 2.73. The largest absolute Gasteiger partial charge is 0.460 e. The zero-order chi connectivity index (χ0) is 11.7.